The van der Waals surface area contributed by atoms with Crippen LogP contribution in [0.4, 0.5) is 8.78 Å². The number of thiophene rings is 6. The third-order valence-electron chi connectivity index (χ3n) is 20.5. The molecule has 13 rings (SSSR count). The fraction of sp³-hybridized carbons (Fsp3) is 0.375. The number of rotatable bonds is 22. The number of unbranched alkanes of at least 4 members (excludes halogenated alkanes) is 6. The highest BCUT2D eigenvalue weighted by Gasteiger charge is 2.43. The van der Waals surface area contributed by atoms with E-state index in [9.17, 15) is 0 Å². The van der Waals surface area contributed by atoms with Crippen LogP contribution in [0, 0.1) is 34.6 Å². The smallest absolute Gasteiger partial charge is 0.146 e. The van der Waals surface area contributed by atoms with Crippen molar-refractivity contribution in [3.8, 4) is 84.2 Å². The van der Waals surface area contributed by atoms with Gasteiger partial charge in [0.05, 0.1) is 34.6 Å². The van der Waals surface area contributed by atoms with Crippen molar-refractivity contribution in [3.05, 3.63) is 130 Å². The topological polar surface area (TPSA) is 51.6 Å². The van der Waals surface area contributed by atoms with Gasteiger partial charge in [0.25, 0.3) is 0 Å². The molecule has 0 spiro atoms. The van der Waals surface area contributed by atoms with Crippen LogP contribution in [0.3, 0.4) is 0 Å². The molecule has 13 aromatic rings. The lowest BCUT2D eigenvalue weighted by Crippen LogP contribution is -2.43. The molecule has 0 saturated carbocycles. The first-order chi connectivity index (χ1) is 46.2. The van der Waals surface area contributed by atoms with Crippen molar-refractivity contribution in [1.29, 1.82) is 0 Å². The monoisotopic (exact) mass is 1450 g/mol. The summed E-state index contributed by atoms with van der Waals surface area (Å²) in [6, 6.07) is 34.6. The number of aromatic nitrogens is 4. The summed E-state index contributed by atoms with van der Waals surface area (Å²) in [5.41, 5.74) is 17.9. The van der Waals surface area contributed by atoms with Crippen molar-refractivity contribution in [2.24, 2.45) is 0 Å². The predicted octanol–water partition coefficient (Wildman–Crippen LogP) is 28.3. The summed E-state index contributed by atoms with van der Waals surface area (Å²) in [6.07, 6.45) is 12.2. The summed E-state index contributed by atoms with van der Waals surface area (Å²) in [4.78, 5) is 11.2. The van der Waals surface area contributed by atoms with Crippen molar-refractivity contribution in [3.63, 3.8) is 0 Å². The molecule has 16 heteroatoms. The van der Waals surface area contributed by atoms with E-state index in [2.05, 4.69) is 205 Å². The van der Waals surface area contributed by atoms with E-state index in [1.807, 2.05) is 22.7 Å². The Morgan fingerprint density at radius 1 is 0.365 bits per heavy atom. The van der Waals surface area contributed by atoms with Gasteiger partial charge in [-0.05, 0) is 178 Å². The van der Waals surface area contributed by atoms with E-state index in [1.165, 1.54) is 80.6 Å². The molecule has 0 fully saturated rings. The Morgan fingerprint density at radius 3 is 1.08 bits per heavy atom. The molecule has 0 bridgehead atoms. The Morgan fingerprint density at radius 2 is 0.708 bits per heavy atom. The number of benzene rings is 5. The van der Waals surface area contributed by atoms with E-state index >= 15 is 8.78 Å². The number of fused-ring (bicyclic) bond motifs is 6. The van der Waals surface area contributed by atoms with Gasteiger partial charge in [0.15, 0.2) is 0 Å². The Bertz CT molecular complexity index is 4710. The van der Waals surface area contributed by atoms with Crippen LogP contribution < -0.4 is 0 Å². The Balaban J connectivity index is 0.978. The number of halogens is 2. The molecule has 0 amide bonds. The zero-order valence-corrected chi connectivity index (χ0v) is 66.1. The highest BCUT2D eigenvalue weighted by Crippen LogP contribution is 2.51. The zero-order chi connectivity index (χ0) is 67.5. The van der Waals surface area contributed by atoms with Crippen LogP contribution in [-0.2, 0) is 12.8 Å². The summed E-state index contributed by atoms with van der Waals surface area (Å²) in [6.45, 7) is 33.0. The molecule has 4 nitrogen and oxygen atoms in total. The van der Waals surface area contributed by atoms with Gasteiger partial charge in [-0.25, -0.2) is 8.78 Å². The minimum absolute atomic E-state index is 0.310. The van der Waals surface area contributed by atoms with E-state index < -0.39 is 16.1 Å². The van der Waals surface area contributed by atoms with E-state index in [0.29, 0.717) is 55.4 Å². The van der Waals surface area contributed by atoms with Crippen molar-refractivity contribution >= 4 is 171 Å². The van der Waals surface area contributed by atoms with Crippen molar-refractivity contribution in [2.45, 2.75) is 194 Å². The normalized spacial score (nSPS) is 12.6. The van der Waals surface area contributed by atoms with Gasteiger partial charge in [-0.1, -0.05) is 147 Å². The lowest BCUT2D eigenvalue weighted by Gasteiger charge is -2.38. The molecular formula is C80H84F2N4S8Si2. The second-order valence-electron chi connectivity index (χ2n) is 28.1. The van der Waals surface area contributed by atoms with Crippen molar-refractivity contribution in [1.82, 2.24) is 17.5 Å². The first-order valence-electron chi connectivity index (χ1n) is 34.5. The molecular weight excluding hydrogens is 1370 g/mol. The van der Waals surface area contributed by atoms with Gasteiger partial charge < -0.3 is 0 Å². The van der Waals surface area contributed by atoms with Crippen LogP contribution in [0.2, 0.25) is 33.2 Å². The summed E-state index contributed by atoms with van der Waals surface area (Å²) in [5, 5.41) is 6.16. The standard InChI is InChI=1S/C80H84F2N4S8Si2/c1-15-17-19-21-23-53-25-27-67(87-53)69-31-29-65(89-69)61-41-63(81)75(79-77(61)83-93-85-79)73-39-51-37-57-55(33-35-95(45(3)4,46(5)6)47(7)8)58-38-52-40-74(92-72(52)44-60(58)56(59(57)43-71(51)91-73)34-36-96(48(9)10,49(11)12)50(13)14)76-64(82)42-62(78-80(76)86-94-84-78)66-30-32-70(90-66)68-28-26-54(88-68)24-22-20-18-16-2/h25-32,37-50H,15-24H2,1-14H3. The number of nitrogens with zero attached hydrogens (tertiary/aromatic N) is 4. The van der Waals surface area contributed by atoms with Gasteiger partial charge in [-0.3, -0.25) is 0 Å². The zero-order valence-electron chi connectivity index (χ0n) is 57.6. The highest BCUT2D eigenvalue weighted by atomic mass is 32.1. The van der Waals surface area contributed by atoms with E-state index in [1.54, 1.807) is 57.5 Å². The van der Waals surface area contributed by atoms with Crippen molar-refractivity contribution in [2.75, 3.05) is 0 Å². The molecule has 5 aromatic carbocycles. The summed E-state index contributed by atoms with van der Waals surface area (Å²) < 4.78 is 56.5. The quantitative estimate of drug-likeness (QED) is 0.0294. The minimum Gasteiger partial charge on any atom is -0.206 e. The predicted molar refractivity (Wildman–Crippen MR) is 430 cm³/mol. The number of hydrogen-bond acceptors (Lipinski definition) is 12. The van der Waals surface area contributed by atoms with Gasteiger partial charge in [0.1, 0.15) is 49.8 Å². The van der Waals surface area contributed by atoms with Crippen LogP contribution in [0.15, 0.2) is 97.1 Å². The lowest BCUT2D eigenvalue weighted by molar-refractivity contribution is 0.633. The molecule has 0 atom stereocenters. The Kier molecular flexibility index (Phi) is 20.5. The van der Waals surface area contributed by atoms with Gasteiger partial charge >= 0.3 is 0 Å². The first-order valence-corrected chi connectivity index (χ1v) is 45.3. The highest BCUT2D eigenvalue weighted by molar-refractivity contribution is 7.25. The Hall–Kier alpha value is -5.61. The molecule has 0 aliphatic carbocycles. The Labute approximate surface area is 600 Å². The second kappa shape index (κ2) is 28.6. The molecule has 8 aromatic heterocycles. The third-order valence-corrected chi connectivity index (χ3v) is 41.3. The van der Waals surface area contributed by atoms with E-state index in [0.717, 1.165) is 131 Å². The number of aryl methyl sites for hydroxylation is 2. The van der Waals surface area contributed by atoms with E-state index in [-0.39, 0.29) is 11.6 Å². The largest absolute Gasteiger partial charge is 0.206 e. The second-order valence-corrected chi connectivity index (χ2v) is 47.0. The first kappa shape index (κ1) is 68.9. The average molecular weight is 1450 g/mol. The van der Waals surface area contributed by atoms with Crippen LogP contribution >= 0.6 is 91.5 Å². The minimum atomic E-state index is -2.30. The molecule has 8 heterocycles. The average Bonchev–Trinajstić information content (AvgIpc) is 1.39. The van der Waals surface area contributed by atoms with Gasteiger partial charge in [0.2, 0.25) is 0 Å². The van der Waals surface area contributed by atoms with Crippen LogP contribution in [0.1, 0.15) is 169 Å². The molecule has 0 saturated heterocycles. The van der Waals surface area contributed by atoms with Gasteiger partial charge in [-0.2, -0.15) is 17.5 Å². The molecule has 494 valence electrons. The third kappa shape index (κ3) is 12.7. The molecule has 0 unspecified atom stereocenters. The lowest BCUT2D eigenvalue weighted by atomic mass is 9.91. The SMILES string of the molecule is CCCCCCc1ccc(-c2ccc(-c3cc(F)c(-c4cc5cc6c(C#C[Si](C(C)C)(C(C)C)C(C)C)c7cc8cc(-c9c(F)cc(-c%10ccc(-c%11ccc(CCCCCC)s%11)s%10)c%10nsnc9%10)sc8cc7c(C#C[Si](C(C)C)(C(C)C)C(C)C)c6cc5s4)c4nsnc34)s2)s1. The van der Waals surface area contributed by atoms with Crippen LogP contribution in [-0.4, -0.2) is 33.6 Å². The number of hydrogen-bond donors (Lipinski definition) is 0. The summed E-state index contributed by atoms with van der Waals surface area (Å²) >= 11 is 12.6. The molecule has 0 radical (unpaired) electrons. The van der Waals surface area contributed by atoms with Gasteiger partial charge in [-0.15, -0.1) is 79.1 Å². The fourth-order valence-corrected chi connectivity index (χ4v) is 33.8. The maximum atomic E-state index is 17.5. The molecule has 0 aliphatic heterocycles. The molecule has 96 heavy (non-hydrogen) atoms. The van der Waals surface area contributed by atoms with Crippen molar-refractivity contribution < 1.29 is 8.78 Å². The van der Waals surface area contributed by atoms with Gasteiger partial charge in [0, 0.05) is 91.2 Å². The van der Waals surface area contributed by atoms with E-state index in [4.69, 9.17) is 17.5 Å². The summed E-state index contributed by atoms with van der Waals surface area (Å²) in [7, 11) is -4.60. The van der Waals surface area contributed by atoms with Crippen LogP contribution in [0.25, 0.3) is 125 Å². The molecule has 0 N–H and O–H groups in total. The summed E-state index contributed by atoms with van der Waals surface area (Å²) in [5.74, 6) is 7.50. The molecule has 0 aliphatic rings. The fourth-order valence-electron chi connectivity index (χ4n) is 15.6. The van der Waals surface area contributed by atoms with Crippen LogP contribution in [0.5, 0.6) is 0 Å². The maximum Gasteiger partial charge on any atom is 0.146 e. The maximum absolute atomic E-state index is 17.5.